The summed E-state index contributed by atoms with van der Waals surface area (Å²) in [5, 5.41) is 0. The van der Waals surface area contributed by atoms with Gasteiger partial charge in [0.2, 0.25) is 0 Å². The Hall–Kier alpha value is -1.36. The van der Waals surface area contributed by atoms with Gasteiger partial charge < -0.3 is 9.15 Å². The Bertz CT molecular complexity index is 444. The van der Waals surface area contributed by atoms with E-state index in [0.717, 1.165) is 0 Å². The maximum absolute atomic E-state index is 12.7. The van der Waals surface area contributed by atoms with Gasteiger partial charge in [-0.15, -0.1) is 0 Å². The van der Waals surface area contributed by atoms with Crippen LogP contribution in [0.4, 0.5) is 4.39 Å². The van der Waals surface area contributed by atoms with Crippen molar-refractivity contribution in [3.8, 4) is 11.8 Å². The monoisotopic (exact) mass is 257 g/mol. The van der Waals surface area contributed by atoms with E-state index in [1.807, 2.05) is 0 Å². The van der Waals surface area contributed by atoms with Gasteiger partial charge >= 0.3 is 6.08 Å². The fourth-order valence-corrected chi connectivity index (χ4v) is 1.16. The molecule has 0 aliphatic heterocycles. The standard InChI is InChI=1S/C9H5BrFNO2/c10-8-5-12-9(14-8)13-7-3-1-2-6(11)4-7/h1-5H. The number of aromatic nitrogens is 1. The summed E-state index contributed by atoms with van der Waals surface area (Å²) in [6, 6.07) is 5.74. The molecule has 2 aromatic rings. The average Bonchev–Trinajstić information content (AvgIpc) is 2.51. The number of halogens is 2. The van der Waals surface area contributed by atoms with Gasteiger partial charge in [0.15, 0.2) is 4.67 Å². The first-order valence-electron chi connectivity index (χ1n) is 3.79. The molecular weight excluding hydrogens is 253 g/mol. The zero-order valence-electron chi connectivity index (χ0n) is 6.91. The summed E-state index contributed by atoms with van der Waals surface area (Å²) >= 11 is 3.08. The van der Waals surface area contributed by atoms with E-state index >= 15 is 0 Å². The van der Waals surface area contributed by atoms with Crippen molar-refractivity contribution in [2.24, 2.45) is 0 Å². The number of rotatable bonds is 2. The molecule has 0 aliphatic carbocycles. The fraction of sp³-hybridized carbons (Fsp3) is 0. The van der Waals surface area contributed by atoms with Gasteiger partial charge in [0.25, 0.3) is 0 Å². The maximum atomic E-state index is 12.7. The molecule has 5 heteroatoms. The summed E-state index contributed by atoms with van der Waals surface area (Å²) in [5.74, 6) is -0.0209. The highest BCUT2D eigenvalue weighted by molar-refractivity contribution is 9.10. The van der Waals surface area contributed by atoms with E-state index in [0.29, 0.717) is 10.4 Å². The second-order valence-electron chi connectivity index (χ2n) is 2.49. The molecule has 0 N–H and O–H groups in total. The Labute approximate surface area is 87.6 Å². The second-order valence-corrected chi connectivity index (χ2v) is 3.27. The fourth-order valence-electron chi connectivity index (χ4n) is 0.918. The number of nitrogens with zero attached hydrogens (tertiary/aromatic N) is 1. The molecule has 1 aromatic carbocycles. The molecule has 3 nitrogen and oxygen atoms in total. The Balaban J connectivity index is 2.18. The zero-order valence-corrected chi connectivity index (χ0v) is 8.49. The Morgan fingerprint density at radius 1 is 1.43 bits per heavy atom. The van der Waals surface area contributed by atoms with Crippen LogP contribution < -0.4 is 4.74 Å². The van der Waals surface area contributed by atoms with Crippen LogP contribution in [0.15, 0.2) is 39.5 Å². The lowest BCUT2D eigenvalue weighted by Gasteiger charge is -1.99. The molecule has 0 unspecified atom stereocenters. The van der Waals surface area contributed by atoms with Crippen LogP contribution in [0.25, 0.3) is 0 Å². The van der Waals surface area contributed by atoms with Gasteiger partial charge in [-0.25, -0.2) is 4.39 Å². The van der Waals surface area contributed by atoms with Gasteiger partial charge in [-0.3, -0.25) is 0 Å². The first-order chi connectivity index (χ1) is 6.74. The van der Waals surface area contributed by atoms with Crippen LogP contribution in [0.2, 0.25) is 0 Å². The van der Waals surface area contributed by atoms with Gasteiger partial charge in [0, 0.05) is 6.07 Å². The lowest BCUT2D eigenvalue weighted by molar-refractivity contribution is 0.322. The summed E-state index contributed by atoms with van der Waals surface area (Å²) in [4.78, 5) is 3.78. The molecule has 0 saturated heterocycles. The van der Waals surface area contributed by atoms with Gasteiger partial charge in [-0.2, -0.15) is 4.98 Å². The summed E-state index contributed by atoms with van der Waals surface area (Å²) < 4.78 is 23.3. The van der Waals surface area contributed by atoms with Gasteiger partial charge in [-0.05, 0) is 28.1 Å². The molecule has 0 aliphatic rings. The van der Waals surface area contributed by atoms with Crippen LogP contribution in [0, 0.1) is 5.82 Å². The highest BCUT2D eigenvalue weighted by atomic mass is 79.9. The van der Waals surface area contributed by atoms with Crippen molar-refractivity contribution in [3.63, 3.8) is 0 Å². The van der Waals surface area contributed by atoms with Crippen LogP contribution in [-0.2, 0) is 0 Å². The predicted octanol–water partition coefficient (Wildman–Crippen LogP) is 3.37. The molecule has 1 aromatic heterocycles. The molecule has 1 heterocycles. The van der Waals surface area contributed by atoms with Crippen molar-refractivity contribution < 1.29 is 13.5 Å². The summed E-state index contributed by atoms with van der Waals surface area (Å²) in [6.45, 7) is 0. The van der Waals surface area contributed by atoms with Crippen molar-refractivity contribution in [3.05, 3.63) is 40.9 Å². The minimum atomic E-state index is -0.367. The SMILES string of the molecule is Fc1cccc(Oc2ncc(Br)o2)c1. The van der Waals surface area contributed by atoms with Crippen LogP contribution in [-0.4, -0.2) is 4.98 Å². The van der Waals surface area contributed by atoms with E-state index in [1.54, 1.807) is 12.1 Å². The topological polar surface area (TPSA) is 35.3 Å². The summed E-state index contributed by atoms with van der Waals surface area (Å²) in [6.07, 6.45) is 1.52. The third-order valence-electron chi connectivity index (χ3n) is 1.46. The molecule has 0 saturated carbocycles. The molecule has 0 atom stereocenters. The molecule has 0 radical (unpaired) electrons. The minimum absolute atomic E-state index is 0.0717. The Kier molecular flexibility index (Phi) is 2.49. The maximum Gasteiger partial charge on any atom is 0.400 e. The lowest BCUT2D eigenvalue weighted by atomic mass is 10.3. The summed E-state index contributed by atoms with van der Waals surface area (Å²) in [7, 11) is 0. The molecule has 0 spiro atoms. The van der Waals surface area contributed by atoms with Gasteiger partial charge in [-0.1, -0.05) is 6.07 Å². The third kappa shape index (κ3) is 2.11. The predicted molar refractivity (Wildman–Crippen MR) is 50.7 cm³/mol. The van der Waals surface area contributed by atoms with Crippen LogP contribution >= 0.6 is 15.9 Å². The largest absolute Gasteiger partial charge is 0.411 e. The first kappa shape index (κ1) is 9.21. The zero-order chi connectivity index (χ0) is 9.97. The average molecular weight is 258 g/mol. The van der Waals surface area contributed by atoms with E-state index in [-0.39, 0.29) is 11.9 Å². The lowest BCUT2D eigenvalue weighted by Crippen LogP contribution is -1.84. The first-order valence-corrected chi connectivity index (χ1v) is 4.58. The quantitative estimate of drug-likeness (QED) is 0.828. The van der Waals surface area contributed by atoms with E-state index in [4.69, 9.17) is 9.15 Å². The van der Waals surface area contributed by atoms with Crippen molar-refractivity contribution in [2.45, 2.75) is 0 Å². The molecule has 2 rings (SSSR count). The number of hydrogen-bond acceptors (Lipinski definition) is 3. The van der Waals surface area contributed by atoms with Crippen molar-refractivity contribution in [2.75, 3.05) is 0 Å². The van der Waals surface area contributed by atoms with E-state index in [2.05, 4.69) is 20.9 Å². The molecular formula is C9H5BrFNO2. The van der Waals surface area contributed by atoms with Gasteiger partial charge in [0.1, 0.15) is 11.6 Å². The number of ether oxygens (including phenoxy) is 1. The van der Waals surface area contributed by atoms with Crippen LogP contribution in [0.3, 0.4) is 0 Å². The molecule has 14 heavy (non-hydrogen) atoms. The number of hydrogen-bond donors (Lipinski definition) is 0. The molecule has 0 fully saturated rings. The normalized spacial score (nSPS) is 10.1. The summed E-state index contributed by atoms with van der Waals surface area (Å²) in [5.41, 5.74) is 0. The van der Waals surface area contributed by atoms with Crippen molar-refractivity contribution in [1.82, 2.24) is 4.98 Å². The van der Waals surface area contributed by atoms with Crippen molar-refractivity contribution in [1.29, 1.82) is 0 Å². The van der Waals surface area contributed by atoms with E-state index in [9.17, 15) is 4.39 Å². The second kappa shape index (κ2) is 3.79. The molecule has 0 amide bonds. The van der Waals surface area contributed by atoms with E-state index < -0.39 is 0 Å². The molecule has 72 valence electrons. The highest BCUT2D eigenvalue weighted by Crippen LogP contribution is 2.23. The van der Waals surface area contributed by atoms with Crippen LogP contribution in [0.1, 0.15) is 0 Å². The Morgan fingerprint density at radius 2 is 2.29 bits per heavy atom. The minimum Gasteiger partial charge on any atom is -0.411 e. The number of benzene rings is 1. The van der Waals surface area contributed by atoms with E-state index in [1.165, 1.54) is 18.3 Å². The highest BCUT2D eigenvalue weighted by Gasteiger charge is 2.04. The molecule has 0 bridgehead atoms. The number of oxazole rings is 1. The van der Waals surface area contributed by atoms with Crippen molar-refractivity contribution >= 4 is 15.9 Å². The third-order valence-corrected chi connectivity index (χ3v) is 1.82. The smallest absolute Gasteiger partial charge is 0.400 e. The Morgan fingerprint density at radius 3 is 2.93 bits per heavy atom. The van der Waals surface area contributed by atoms with Gasteiger partial charge in [0.05, 0.1) is 6.20 Å². The van der Waals surface area contributed by atoms with Crippen LogP contribution in [0.5, 0.6) is 11.8 Å².